The number of carboxylic acids is 1. The van der Waals surface area contributed by atoms with Gasteiger partial charge in [-0.3, -0.25) is 15.0 Å². The number of aromatic nitrogens is 1. The molecule has 0 aliphatic carbocycles. The lowest BCUT2D eigenvalue weighted by Gasteiger charge is -2.38. The van der Waals surface area contributed by atoms with Crippen molar-refractivity contribution in [2.75, 3.05) is 45.1 Å². The lowest BCUT2D eigenvalue weighted by atomic mass is 9.98. The number of anilines is 1. The molecule has 3 saturated heterocycles. The Labute approximate surface area is 261 Å². The van der Waals surface area contributed by atoms with Crippen molar-refractivity contribution in [1.29, 1.82) is 5.41 Å². The number of ether oxygens (including phenoxy) is 2. The second-order valence-electron chi connectivity index (χ2n) is 10.4. The number of hydrogen-bond donors (Lipinski definition) is 7. The summed E-state index contributed by atoms with van der Waals surface area (Å²) in [5, 5.41) is 35.1. The molecule has 8 N–H and O–H groups in total. The molecule has 45 heavy (non-hydrogen) atoms. The number of thiazole rings is 1. The second-order valence-corrected chi connectivity index (χ2v) is 11.3. The van der Waals surface area contributed by atoms with Crippen LogP contribution in [0.5, 0.6) is 5.75 Å². The van der Waals surface area contributed by atoms with E-state index in [4.69, 9.17) is 25.5 Å². The molecular weight excluding hydrogens is 610 g/mol. The molecule has 17 nitrogen and oxygen atoms in total. The molecular formula is C27H33N9O8S. The maximum absolute atomic E-state index is 13.2. The van der Waals surface area contributed by atoms with Crippen LogP contribution in [0.25, 0.3) is 0 Å². The highest BCUT2D eigenvalue weighted by Crippen LogP contribution is 2.17. The van der Waals surface area contributed by atoms with Gasteiger partial charge in [0, 0.05) is 23.5 Å². The highest BCUT2D eigenvalue weighted by Gasteiger charge is 2.43. The number of oxime groups is 1. The third-order valence-corrected chi connectivity index (χ3v) is 7.99. The smallest absolute Gasteiger partial charge is 0.410 e. The van der Waals surface area contributed by atoms with Crippen molar-refractivity contribution in [3.8, 4) is 5.75 Å². The van der Waals surface area contributed by atoms with Gasteiger partial charge in [-0.2, -0.15) is 0 Å². The number of β-lactam (4-membered cyclic amide) rings is 1. The average molecular weight is 644 g/mol. The van der Waals surface area contributed by atoms with Crippen LogP contribution in [-0.4, -0.2) is 114 Å². The van der Waals surface area contributed by atoms with E-state index in [0.29, 0.717) is 17.9 Å². The van der Waals surface area contributed by atoms with Crippen LogP contribution in [0, 0.1) is 5.41 Å². The van der Waals surface area contributed by atoms with Gasteiger partial charge in [0.2, 0.25) is 5.91 Å². The van der Waals surface area contributed by atoms with E-state index in [9.17, 15) is 24.3 Å². The van der Waals surface area contributed by atoms with Crippen molar-refractivity contribution in [2.24, 2.45) is 5.16 Å². The van der Waals surface area contributed by atoms with E-state index in [1.807, 2.05) is 0 Å². The predicted octanol–water partition coefficient (Wildman–Crippen LogP) is -0.919. The van der Waals surface area contributed by atoms with Gasteiger partial charge in [0.1, 0.15) is 36.5 Å². The highest BCUT2D eigenvalue weighted by atomic mass is 32.1. The normalized spacial score (nSPS) is 20.8. The zero-order valence-corrected chi connectivity index (χ0v) is 24.8. The molecule has 1 aromatic heterocycles. The van der Waals surface area contributed by atoms with Gasteiger partial charge in [0.05, 0.1) is 12.6 Å². The van der Waals surface area contributed by atoms with Crippen LogP contribution in [0.3, 0.4) is 0 Å². The number of carboxylic acid groups (broad SMARTS) is 1. The number of cyclic esters (lactones) is 1. The minimum absolute atomic E-state index is 0.00981. The van der Waals surface area contributed by atoms with E-state index in [-0.39, 0.29) is 35.9 Å². The van der Waals surface area contributed by atoms with Crippen LogP contribution in [0.1, 0.15) is 24.1 Å². The zero-order chi connectivity index (χ0) is 31.9. The van der Waals surface area contributed by atoms with Crippen LogP contribution < -0.4 is 31.7 Å². The van der Waals surface area contributed by atoms with Crippen molar-refractivity contribution < 1.29 is 38.6 Å². The first-order chi connectivity index (χ1) is 21.7. The highest BCUT2D eigenvalue weighted by molar-refractivity contribution is 7.13. The molecule has 3 aliphatic heterocycles. The van der Waals surface area contributed by atoms with Crippen LogP contribution in [-0.2, 0) is 24.0 Å². The molecule has 1 aromatic carbocycles. The second kappa shape index (κ2) is 14.2. The van der Waals surface area contributed by atoms with Gasteiger partial charge in [-0.15, -0.1) is 11.3 Å². The third-order valence-electron chi connectivity index (χ3n) is 7.32. The summed E-state index contributed by atoms with van der Waals surface area (Å²) in [6.45, 7) is 2.04. The fourth-order valence-corrected chi connectivity index (χ4v) is 5.35. The average Bonchev–Trinajstić information content (AvgIpc) is 3.65. The number of carbonyl (C=O) groups excluding carboxylic acids is 3. The fourth-order valence-electron chi connectivity index (χ4n) is 4.81. The van der Waals surface area contributed by atoms with Crippen LogP contribution in [0.2, 0.25) is 0 Å². The summed E-state index contributed by atoms with van der Waals surface area (Å²) in [6.07, 6.45) is -0.287. The van der Waals surface area contributed by atoms with Crippen molar-refractivity contribution in [3.63, 3.8) is 0 Å². The molecule has 0 bridgehead atoms. The summed E-state index contributed by atoms with van der Waals surface area (Å²) < 4.78 is 10.5. The number of nitrogens with zero attached hydrogens (tertiary/aromatic N) is 3. The van der Waals surface area contributed by atoms with Gasteiger partial charge in [-0.1, -0.05) is 5.16 Å². The van der Waals surface area contributed by atoms with Gasteiger partial charge < -0.3 is 51.3 Å². The number of nitrogens with two attached hydrogens (primary N) is 1. The van der Waals surface area contributed by atoms with E-state index < -0.39 is 54.4 Å². The van der Waals surface area contributed by atoms with E-state index in [2.05, 4.69) is 31.4 Å². The topological polar surface area (TPSA) is 243 Å². The van der Waals surface area contributed by atoms with Crippen molar-refractivity contribution >= 4 is 51.9 Å². The van der Waals surface area contributed by atoms with Crippen molar-refractivity contribution in [3.05, 3.63) is 40.9 Å². The number of aliphatic carboxylic acids is 1. The number of piperidine rings is 1. The van der Waals surface area contributed by atoms with Gasteiger partial charge in [0.15, 0.2) is 10.8 Å². The molecule has 3 amide bonds. The first-order valence-corrected chi connectivity index (χ1v) is 15.1. The Kier molecular flexibility index (Phi) is 9.93. The maximum Gasteiger partial charge on any atom is 0.410 e. The maximum atomic E-state index is 13.2. The Morgan fingerprint density at radius 1 is 1.24 bits per heavy atom. The lowest BCUT2D eigenvalue weighted by Crippen LogP contribution is -2.72. The molecule has 240 valence electrons. The molecule has 4 heterocycles. The van der Waals surface area contributed by atoms with Gasteiger partial charge in [0.25, 0.3) is 12.0 Å². The molecule has 18 heteroatoms. The lowest BCUT2D eigenvalue weighted by molar-refractivity contribution is -0.152. The van der Waals surface area contributed by atoms with E-state index in [1.165, 1.54) is 10.3 Å². The minimum atomic E-state index is -1.62. The molecule has 5 rings (SSSR count). The van der Waals surface area contributed by atoms with Crippen LogP contribution >= 0.6 is 11.3 Å². The summed E-state index contributed by atoms with van der Waals surface area (Å²) in [4.78, 5) is 59.9. The van der Waals surface area contributed by atoms with Gasteiger partial charge in [-0.05, 0) is 50.2 Å². The summed E-state index contributed by atoms with van der Waals surface area (Å²) in [5.74, 6) is -2.13. The monoisotopic (exact) mass is 643 g/mol. The number of benzene rings is 1. The van der Waals surface area contributed by atoms with E-state index >= 15 is 0 Å². The van der Waals surface area contributed by atoms with Crippen molar-refractivity contribution in [1.82, 2.24) is 31.2 Å². The Balaban J connectivity index is 1.20. The Hall–Kier alpha value is -4.97. The zero-order valence-electron chi connectivity index (χ0n) is 24.0. The van der Waals surface area contributed by atoms with Crippen LogP contribution in [0.4, 0.5) is 9.93 Å². The number of rotatable bonds is 13. The standard InChI is InChI=1S/C27H33N9O8S/c28-22(31-15-5-7-30-8-6-15)14-1-3-16(4-2-14)43-12-19(25(39)40)44-35-21(18-13-45-26(29)33-18)24(38)34-20-17(32-23(20)37)11-36-9-10-42-27(36)41/h1-4,13,15,17,19-20,30H,5-12H2,(H2,28,31)(H2,29,33)(H,32,37)(H,34,38)(H,39,40)/b35-21-/t17-,19+,20+/m1/s1. The number of nitrogen functional groups attached to an aromatic ring is 1. The molecule has 3 fully saturated rings. The van der Waals surface area contributed by atoms with Crippen LogP contribution in [0.15, 0.2) is 34.8 Å². The Bertz CT molecular complexity index is 1460. The largest absolute Gasteiger partial charge is 0.489 e. The molecule has 0 unspecified atom stereocenters. The first kappa shape index (κ1) is 31.5. The summed E-state index contributed by atoms with van der Waals surface area (Å²) in [5.41, 5.74) is 5.98. The number of nitrogens with one attached hydrogen (secondary N) is 5. The fraction of sp³-hybridized carbons (Fsp3) is 0.444. The quantitative estimate of drug-likeness (QED) is 0.0607. The van der Waals surface area contributed by atoms with Gasteiger partial charge in [-0.25, -0.2) is 14.6 Å². The number of carbonyl (C=O) groups is 4. The molecule has 0 spiro atoms. The summed E-state index contributed by atoms with van der Waals surface area (Å²) in [6, 6.07) is 5.23. The molecule has 3 atom stereocenters. The number of hydrogen-bond acceptors (Lipinski definition) is 13. The third kappa shape index (κ3) is 7.95. The molecule has 2 aromatic rings. The summed E-state index contributed by atoms with van der Waals surface area (Å²) >= 11 is 1.02. The summed E-state index contributed by atoms with van der Waals surface area (Å²) in [7, 11) is 0. The van der Waals surface area contributed by atoms with Gasteiger partial charge >= 0.3 is 12.1 Å². The predicted molar refractivity (Wildman–Crippen MR) is 160 cm³/mol. The Morgan fingerprint density at radius 3 is 2.62 bits per heavy atom. The van der Waals surface area contributed by atoms with Crippen molar-refractivity contribution in [2.45, 2.75) is 37.1 Å². The number of amidine groups is 1. The number of amides is 3. The SMILES string of the molecule is N=C(NC1CCNCC1)c1ccc(OC[C@H](O/N=C(\C(=O)N[C@@H]2C(=O)N[C@@H]2CN2CCOC2=O)c2csc(N)n2)C(=O)O)cc1. The van der Waals surface area contributed by atoms with E-state index in [0.717, 1.165) is 37.3 Å². The molecule has 0 radical (unpaired) electrons. The Morgan fingerprint density at radius 2 is 2.00 bits per heavy atom. The first-order valence-electron chi connectivity index (χ1n) is 14.2. The van der Waals surface area contributed by atoms with E-state index in [1.54, 1.807) is 24.3 Å². The molecule has 3 aliphatic rings. The minimum Gasteiger partial charge on any atom is -0.489 e. The molecule has 0 saturated carbocycles.